The van der Waals surface area contributed by atoms with Crippen LogP contribution in [0.15, 0.2) is 35.6 Å². The van der Waals surface area contributed by atoms with Gasteiger partial charge >= 0.3 is 0 Å². The van der Waals surface area contributed by atoms with Crippen LogP contribution in [-0.2, 0) is 29.2 Å². The molecule has 0 spiro atoms. The number of sulfone groups is 1. The molecule has 3 aromatic rings. The Labute approximate surface area is 177 Å². The first kappa shape index (κ1) is 21.0. The molecule has 0 aliphatic carbocycles. The summed E-state index contributed by atoms with van der Waals surface area (Å²) in [4.78, 5) is 5.25. The van der Waals surface area contributed by atoms with Crippen LogP contribution in [0, 0.1) is 11.6 Å². The first-order valence-corrected chi connectivity index (χ1v) is 12.0. The Kier molecular flexibility index (Phi) is 5.94. The standard InChI is InChI=1S/C19H21F2N5O2S2/c1-25-16(5-6-23-25)17-4-2-3-7-26(17)10-13-8-15(21)18(9-14(13)20)30(27,28)11-19-22-12-24-29-19/h5-6,8-9,12,17H,2-4,7,10-11H2,1H3/t17-/m0/s1. The van der Waals surface area contributed by atoms with Crippen LogP contribution in [0.4, 0.5) is 8.78 Å². The van der Waals surface area contributed by atoms with Crippen LogP contribution < -0.4 is 0 Å². The highest BCUT2D eigenvalue weighted by atomic mass is 32.2. The Bertz CT molecular complexity index is 1130. The monoisotopic (exact) mass is 453 g/mol. The van der Waals surface area contributed by atoms with E-state index >= 15 is 0 Å². The van der Waals surface area contributed by atoms with Crippen molar-refractivity contribution in [1.82, 2.24) is 24.0 Å². The Morgan fingerprint density at radius 2 is 2.07 bits per heavy atom. The molecule has 1 atom stereocenters. The molecular formula is C19H21F2N5O2S2. The third kappa shape index (κ3) is 4.28. The van der Waals surface area contributed by atoms with Crippen LogP contribution in [0.1, 0.15) is 41.6 Å². The second-order valence-electron chi connectivity index (χ2n) is 7.33. The predicted molar refractivity (Wildman–Crippen MR) is 107 cm³/mol. The fourth-order valence-corrected chi connectivity index (χ4v) is 6.05. The van der Waals surface area contributed by atoms with Gasteiger partial charge < -0.3 is 0 Å². The molecule has 2 aromatic heterocycles. The van der Waals surface area contributed by atoms with Crippen LogP contribution in [0.3, 0.4) is 0 Å². The molecule has 0 unspecified atom stereocenters. The summed E-state index contributed by atoms with van der Waals surface area (Å²) in [5, 5.41) is 4.44. The zero-order valence-corrected chi connectivity index (χ0v) is 18.0. The molecule has 160 valence electrons. The minimum atomic E-state index is -4.07. The predicted octanol–water partition coefficient (Wildman–Crippen LogP) is 3.25. The van der Waals surface area contributed by atoms with E-state index in [2.05, 4.69) is 19.4 Å². The average molecular weight is 454 g/mol. The van der Waals surface area contributed by atoms with Crippen molar-refractivity contribution in [1.29, 1.82) is 0 Å². The minimum absolute atomic E-state index is 0.0505. The lowest BCUT2D eigenvalue weighted by Crippen LogP contribution is -2.34. The Hall–Kier alpha value is -2.24. The van der Waals surface area contributed by atoms with E-state index in [0.29, 0.717) is 0 Å². The summed E-state index contributed by atoms with van der Waals surface area (Å²) in [7, 11) is -2.21. The number of aromatic nitrogens is 4. The van der Waals surface area contributed by atoms with Crippen molar-refractivity contribution >= 4 is 21.4 Å². The van der Waals surface area contributed by atoms with Crippen molar-refractivity contribution in [3.8, 4) is 0 Å². The second kappa shape index (κ2) is 8.48. The quantitative estimate of drug-likeness (QED) is 0.570. The fourth-order valence-electron chi connectivity index (χ4n) is 3.87. The molecule has 4 rings (SSSR count). The van der Waals surface area contributed by atoms with Crippen LogP contribution in [0.2, 0.25) is 0 Å². The summed E-state index contributed by atoms with van der Waals surface area (Å²) in [5.41, 5.74) is 1.16. The van der Waals surface area contributed by atoms with Crippen LogP contribution >= 0.6 is 11.5 Å². The molecule has 1 aromatic carbocycles. The van der Waals surface area contributed by atoms with Gasteiger partial charge in [0, 0.05) is 25.4 Å². The molecule has 7 nitrogen and oxygen atoms in total. The molecule has 1 aliphatic rings. The van der Waals surface area contributed by atoms with Crippen molar-refractivity contribution < 1.29 is 17.2 Å². The Morgan fingerprint density at radius 3 is 2.77 bits per heavy atom. The lowest BCUT2D eigenvalue weighted by atomic mass is 9.98. The third-order valence-electron chi connectivity index (χ3n) is 5.34. The molecule has 0 saturated carbocycles. The number of nitrogens with zero attached hydrogens (tertiary/aromatic N) is 5. The highest BCUT2D eigenvalue weighted by Crippen LogP contribution is 2.33. The van der Waals surface area contributed by atoms with E-state index in [-0.39, 0.29) is 23.2 Å². The zero-order valence-electron chi connectivity index (χ0n) is 16.3. The molecule has 0 amide bonds. The number of halogens is 2. The lowest BCUT2D eigenvalue weighted by molar-refractivity contribution is 0.132. The maximum absolute atomic E-state index is 14.8. The van der Waals surface area contributed by atoms with Crippen molar-refractivity contribution in [3.05, 3.63) is 58.6 Å². The van der Waals surface area contributed by atoms with Gasteiger partial charge in [-0.1, -0.05) is 6.42 Å². The van der Waals surface area contributed by atoms with E-state index in [4.69, 9.17) is 0 Å². The van der Waals surface area contributed by atoms with Crippen molar-refractivity contribution in [2.45, 2.75) is 42.5 Å². The maximum Gasteiger partial charge on any atom is 0.187 e. The first-order valence-electron chi connectivity index (χ1n) is 9.53. The molecule has 0 radical (unpaired) electrons. The van der Waals surface area contributed by atoms with Gasteiger partial charge in [-0.05, 0) is 49.1 Å². The number of hydrogen-bond acceptors (Lipinski definition) is 7. The van der Waals surface area contributed by atoms with Gasteiger partial charge in [0.2, 0.25) is 0 Å². The number of hydrogen-bond donors (Lipinski definition) is 0. The van der Waals surface area contributed by atoms with Crippen LogP contribution in [0.25, 0.3) is 0 Å². The number of piperidine rings is 1. The molecule has 30 heavy (non-hydrogen) atoms. The van der Waals surface area contributed by atoms with E-state index in [9.17, 15) is 17.2 Å². The van der Waals surface area contributed by atoms with E-state index in [1.165, 1.54) is 6.33 Å². The van der Waals surface area contributed by atoms with Crippen molar-refractivity contribution in [2.24, 2.45) is 7.05 Å². The highest BCUT2D eigenvalue weighted by molar-refractivity contribution is 7.90. The van der Waals surface area contributed by atoms with Gasteiger partial charge in [-0.15, -0.1) is 0 Å². The first-order chi connectivity index (χ1) is 14.3. The van der Waals surface area contributed by atoms with Gasteiger partial charge in [0.1, 0.15) is 33.6 Å². The normalized spacial score (nSPS) is 18.0. The minimum Gasteiger partial charge on any atom is -0.290 e. The highest BCUT2D eigenvalue weighted by Gasteiger charge is 2.28. The van der Waals surface area contributed by atoms with Crippen LogP contribution in [-0.4, -0.2) is 39.0 Å². The molecule has 0 N–H and O–H groups in total. The number of likely N-dealkylation sites (tertiary alicyclic amines) is 1. The number of benzene rings is 1. The summed E-state index contributed by atoms with van der Waals surface area (Å²) in [6, 6.07) is 3.76. The number of rotatable bonds is 6. The fraction of sp³-hybridized carbons (Fsp3) is 0.421. The summed E-state index contributed by atoms with van der Waals surface area (Å²) >= 11 is 0.911. The Morgan fingerprint density at radius 1 is 1.23 bits per heavy atom. The van der Waals surface area contributed by atoms with Gasteiger partial charge in [0.25, 0.3) is 0 Å². The van der Waals surface area contributed by atoms with Gasteiger partial charge in [-0.2, -0.15) is 9.47 Å². The van der Waals surface area contributed by atoms with Crippen molar-refractivity contribution in [2.75, 3.05) is 6.54 Å². The smallest absolute Gasteiger partial charge is 0.187 e. The molecule has 3 heterocycles. The van der Waals surface area contributed by atoms with Gasteiger partial charge in [-0.25, -0.2) is 22.2 Å². The van der Waals surface area contributed by atoms with E-state index in [1.54, 1.807) is 10.9 Å². The SMILES string of the molecule is Cn1nccc1[C@@H]1CCCCN1Cc1cc(F)c(S(=O)(=O)Cc2ncns2)cc1F. The zero-order chi connectivity index (χ0) is 21.3. The summed E-state index contributed by atoms with van der Waals surface area (Å²) in [6.45, 7) is 0.934. The second-order valence-corrected chi connectivity index (χ2v) is 10.2. The maximum atomic E-state index is 14.8. The van der Waals surface area contributed by atoms with E-state index in [1.807, 2.05) is 13.1 Å². The van der Waals surface area contributed by atoms with Crippen molar-refractivity contribution in [3.63, 3.8) is 0 Å². The van der Waals surface area contributed by atoms with Gasteiger partial charge in [-0.3, -0.25) is 9.58 Å². The van der Waals surface area contributed by atoms with E-state index in [0.717, 1.165) is 55.2 Å². The molecule has 11 heteroatoms. The third-order valence-corrected chi connectivity index (χ3v) is 7.82. The molecular weight excluding hydrogens is 432 g/mol. The molecule has 1 saturated heterocycles. The average Bonchev–Trinajstić information content (AvgIpc) is 3.36. The van der Waals surface area contributed by atoms with E-state index < -0.39 is 32.1 Å². The largest absolute Gasteiger partial charge is 0.290 e. The number of aryl methyl sites for hydroxylation is 1. The molecule has 1 aliphatic heterocycles. The lowest BCUT2D eigenvalue weighted by Gasteiger charge is -2.35. The van der Waals surface area contributed by atoms with Crippen LogP contribution in [0.5, 0.6) is 0 Å². The molecule has 0 bridgehead atoms. The Balaban J connectivity index is 1.59. The topological polar surface area (TPSA) is 81.0 Å². The molecule has 1 fully saturated rings. The van der Waals surface area contributed by atoms with Gasteiger partial charge in [0.15, 0.2) is 9.84 Å². The van der Waals surface area contributed by atoms with Gasteiger partial charge in [0.05, 0.1) is 11.7 Å². The summed E-state index contributed by atoms with van der Waals surface area (Å²) in [5.74, 6) is -2.20. The summed E-state index contributed by atoms with van der Waals surface area (Å²) < 4.78 is 60.2. The summed E-state index contributed by atoms with van der Waals surface area (Å²) in [6.07, 6.45) is 5.86.